The molecule has 0 aliphatic heterocycles. The number of para-hydroxylation sites is 1. The van der Waals surface area contributed by atoms with Crippen molar-refractivity contribution in [3.8, 4) is 5.75 Å². The lowest BCUT2D eigenvalue weighted by molar-refractivity contribution is 0.275. The predicted molar refractivity (Wildman–Crippen MR) is 79.1 cm³/mol. The first-order valence-electron chi connectivity index (χ1n) is 6.80. The quantitative estimate of drug-likeness (QED) is 0.777. The maximum atomic E-state index is 6.12. The highest BCUT2D eigenvalue weighted by Crippen LogP contribution is 2.33. The Morgan fingerprint density at radius 3 is 2.74 bits per heavy atom. The molecule has 1 aliphatic carbocycles. The molecule has 0 aromatic heterocycles. The number of fused-ring (bicyclic) bond motifs is 1. The largest absolute Gasteiger partial charge is 0.491 e. The maximum absolute atomic E-state index is 6.12. The Morgan fingerprint density at radius 1 is 1.05 bits per heavy atom. The minimum atomic E-state index is 0.487. The van der Waals surface area contributed by atoms with Gasteiger partial charge >= 0.3 is 0 Å². The third kappa shape index (κ3) is 2.76. The summed E-state index contributed by atoms with van der Waals surface area (Å²) in [6.07, 6.45) is 3.63. The topological polar surface area (TPSA) is 9.23 Å². The fourth-order valence-corrected chi connectivity index (χ4v) is 2.97. The third-order valence-corrected chi connectivity index (χ3v) is 4.08. The minimum Gasteiger partial charge on any atom is -0.491 e. The van der Waals surface area contributed by atoms with Crippen LogP contribution in [0, 0.1) is 0 Å². The molecule has 1 unspecified atom stereocenters. The van der Waals surface area contributed by atoms with E-state index in [2.05, 4.69) is 24.3 Å². The van der Waals surface area contributed by atoms with Crippen LogP contribution in [0.1, 0.15) is 29.9 Å². The summed E-state index contributed by atoms with van der Waals surface area (Å²) < 4.78 is 5.90. The van der Waals surface area contributed by atoms with Gasteiger partial charge in [-0.1, -0.05) is 48.0 Å². The molecule has 3 rings (SSSR count). The molecule has 1 aliphatic rings. The Balaban J connectivity index is 1.73. The standard InChI is InChI=1S/C17H17ClO/c18-16-10-3-4-11-17(16)19-12-14-8-5-7-13-6-1-2-9-15(13)14/h1-4,6,9-11,14H,5,7-8,12H2. The number of hydrogen-bond donors (Lipinski definition) is 0. The van der Waals surface area contributed by atoms with Crippen molar-refractivity contribution in [2.24, 2.45) is 0 Å². The molecule has 0 spiro atoms. The smallest absolute Gasteiger partial charge is 0.137 e. The number of aryl methyl sites for hydroxylation is 1. The lowest BCUT2D eigenvalue weighted by Crippen LogP contribution is -2.16. The van der Waals surface area contributed by atoms with Gasteiger partial charge in [-0.2, -0.15) is 0 Å². The third-order valence-electron chi connectivity index (χ3n) is 3.77. The Kier molecular flexibility index (Phi) is 3.74. The maximum Gasteiger partial charge on any atom is 0.137 e. The van der Waals surface area contributed by atoms with E-state index in [9.17, 15) is 0 Å². The van der Waals surface area contributed by atoms with Gasteiger partial charge in [0.15, 0.2) is 0 Å². The summed E-state index contributed by atoms with van der Waals surface area (Å²) >= 11 is 6.12. The van der Waals surface area contributed by atoms with Crippen LogP contribution in [-0.4, -0.2) is 6.61 Å². The van der Waals surface area contributed by atoms with Crippen LogP contribution in [0.2, 0.25) is 5.02 Å². The molecule has 0 fully saturated rings. The average Bonchev–Trinajstić information content (AvgIpc) is 2.46. The average molecular weight is 273 g/mol. The van der Waals surface area contributed by atoms with Gasteiger partial charge < -0.3 is 4.74 Å². The molecule has 0 radical (unpaired) electrons. The number of ether oxygens (including phenoxy) is 1. The molecule has 1 atom stereocenters. The Hall–Kier alpha value is -1.47. The van der Waals surface area contributed by atoms with Crippen LogP contribution < -0.4 is 4.74 Å². The molecule has 0 bridgehead atoms. The molecule has 0 amide bonds. The summed E-state index contributed by atoms with van der Waals surface area (Å²) in [6, 6.07) is 16.4. The second kappa shape index (κ2) is 5.66. The minimum absolute atomic E-state index is 0.487. The van der Waals surface area contributed by atoms with Crippen LogP contribution in [0.15, 0.2) is 48.5 Å². The van der Waals surface area contributed by atoms with Crippen molar-refractivity contribution < 1.29 is 4.74 Å². The van der Waals surface area contributed by atoms with Gasteiger partial charge in [0.25, 0.3) is 0 Å². The van der Waals surface area contributed by atoms with E-state index in [0.29, 0.717) is 17.5 Å². The number of benzene rings is 2. The summed E-state index contributed by atoms with van der Waals surface area (Å²) in [5.41, 5.74) is 2.92. The van der Waals surface area contributed by atoms with Crippen molar-refractivity contribution in [3.05, 3.63) is 64.7 Å². The van der Waals surface area contributed by atoms with Gasteiger partial charge in [0.05, 0.1) is 11.6 Å². The Bertz CT molecular complexity index is 565. The van der Waals surface area contributed by atoms with Crippen molar-refractivity contribution >= 4 is 11.6 Å². The van der Waals surface area contributed by atoms with Crippen molar-refractivity contribution in [1.29, 1.82) is 0 Å². The van der Waals surface area contributed by atoms with Crippen LogP contribution in [-0.2, 0) is 6.42 Å². The van der Waals surface area contributed by atoms with Crippen molar-refractivity contribution in [3.63, 3.8) is 0 Å². The molecule has 0 heterocycles. The molecule has 2 heteroatoms. The van der Waals surface area contributed by atoms with Gasteiger partial charge in [0.1, 0.15) is 5.75 Å². The molecule has 1 nitrogen and oxygen atoms in total. The molecule has 2 aromatic rings. The monoisotopic (exact) mass is 272 g/mol. The molecular formula is C17H17ClO. The van der Waals surface area contributed by atoms with Crippen molar-refractivity contribution in [2.45, 2.75) is 25.2 Å². The predicted octanol–water partition coefficient (Wildman–Crippen LogP) is 4.84. The van der Waals surface area contributed by atoms with E-state index in [1.54, 1.807) is 0 Å². The van der Waals surface area contributed by atoms with E-state index in [4.69, 9.17) is 16.3 Å². The zero-order valence-corrected chi connectivity index (χ0v) is 11.6. The van der Waals surface area contributed by atoms with Gasteiger partial charge in [0.2, 0.25) is 0 Å². The van der Waals surface area contributed by atoms with Crippen LogP contribution in [0.3, 0.4) is 0 Å². The molecule has 0 saturated heterocycles. The SMILES string of the molecule is Clc1ccccc1OCC1CCCc2ccccc21. The number of halogens is 1. The fraction of sp³-hybridized carbons (Fsp3) is 0.294. The summed E-state index contributed by atoms with van der Waals surface area (Å²) in [6.45, 7) is 0.709. The molecule has 2 aromatic carbocycles. The Labute approximate surface area is 119 Å². The zero-order chi connectivity index (χ0) is 13.1. The first-order chi connectivity index (χ1) is 9.34. The summed E-state index contributed by atoms with van der Waals surface area (Å²) in [7, 11) is 0. The van der Waals surface area contributed by atoms with Crippen LogP contribution in [0.4, 0.5) is 0 Å². The van der Waals surface area contributed by atoms with E-state index < -0.39 is 0 Å². The van der Waals surface area contributed by atoms with E-state index in [1.165, 1.54) is 30.4 Å². The lowest BCUT2D eigenvalue weighted by Gasteiger charge is -2.25. The lowest BCUT2D eigenvalue weighted by atomic mass is 9.83. The van der Waals surface area contributed by atoms with E-state index in [0.717, 1.165) is 5.75 Å². The normalized spacial score (nSPS) is 17.8. The van der Waals surface area contributed by atoms with Crippen molar-refractivity contribution in [1.82, 2.24) is 0 Å². The Morgan fingerprint density at radius 2 is 1.84 bits per heavy atom. The van der Waals surface area contributed by atoms with Gasteiger partial charge in [-0.05, 0) is 42.5 Å². The second-order valence-corrected chi connectivity index (χ2v) is 5.44. The zero-order valence-electron chi connectivity index (χ0n) is 10.8. The van der Waals surface area contributed by atoms with Crippen molar-refractivity contribution in [2.75, 3.05) is 6.61 Å². The molecule has 19 heavy (non-hydrogen) atoms. The second-order valence-electron chi connectivity index (χ2n) is 5.03. The van der Waals surface area contributed by atoms with E-state index in [1.807, 2.05) is 24.3 Å². The van der Waals surface area contributed by atoms with Gasteiger partial charge in [-0.3, -0.25) is 0 Å². The highest BCUT2D eigenvalue weighted by molar-refractivity contribution is 6.32. The molecule has 98 valence electrons. The van der Waals surface area contributed by atoms with Crippen LogP contribution in [0.25, 0.3) is 0 Å². The summed E-state index contributed by atoms with van der Waals surface area (Å²) in [5.74, 6) is 1.27. The highest BCUT2D eigenvalue weighted by atomic mass is 35.5. The number of rotatable bonds is 3. The molecular weight excluding hydrogens is 256 g/mol. The van der Waals surface area contributed by atoms with Gasteiger partial charge in [0, 0.05) is 5.92 Å². The fourth-order valence-electron chi connectivity index (χ4n) is 2.78. The summed E-state index contributed by atoms with van der Waals surface area (Å²) in [4.78, 5) is 0. The number of hydrogen-bond acceptors (Lipinski definition) is 1. The van der Waals surface area contributed by atoms with Gasteiger partial charge in [-0.25, -0.2) is 0 Å². The first kappa shape index (κ1) is 12.6. The summed E-state index contributed by atoms with van der Waals surface area (Å²) in [5, 5.41) is 0.687. The van der Waals surface area contributed by atoms with Crippen LogP contribution >= 0.6 is 11.6 Å². The highest BCUT2D eigenvalue weighted by Gasteiger charge is 2.20. The van der Waals surface area contributed by atoms with Crippen LogP contribution in [0.5, 0.6) is 5.75 Å². The molecule has 0 N–H and O–H groups in total. The van der Waals surface area contributed by atoms with E-state index in [-0.39, 0.29) is 0 Å². The van der Waals surface area contributed by atoms with Gasteiger partial charge in [-0.15, -0.1) is 0 Å². The molecule has 0 saturated carbocycles. The van der Waals surface area contributed by atoms with E-state index >= 15 is 0 Å². The first-order valence-corrected chi connectivity index (χ1v) is 7.17.